The van der Waals surface area contributed by atoms with Crippen LogP contribution in [-0.4, -0.2) is 57.5 Å². The number of piperazine rings is 1. The van der Waals surface area contributed by atoms with E-state index < -0.39 is 0 Å². The molecule has 1 aromatic heterocycles. The highest BCUT2D eigenvalue weighted by Crippen LogP contribution is 2.27. The van der Waals surface area contributed by atoms with E-state index in [4.69, 9.17) is 23.2 Å². The van der Waals surface area contributed by atoms with Gasteiger partial charge >= 0.3 is 0 Å². The number of allylic oxidation sites excluding steroid dienone is 1. The molecule has 0 unspecified atom stereocenters. The monoisotopic (exact) mass is 547 g/mol. The maximum Gasteiger partial charge on any atom is 0.233 e. The van der Waals surface area contributed by atoms with Crippen molar-refractivity contribution < 1.29 is 4.79 Å². The fourth-order valence-corrected chi connectivity index (χ4v) is 6.20. The summed E-state index contributed by atoms with van der Waals surface area (Å²) < 4.78 is 2.02. The van der Waals surface area contributed by atoms with Crippen LogP contribution in [0.3, 0.4) is 0 Å². The van der Waals surface area contributed by atoms with Crippen LogP contribution >= 0.6 is 46.7 Å². The van der Waals surface area contributed by atoms with Crippen LogP contribution in [-0.2, 0) is 22.8 Å². The Morgan fingerprint density at radius 1 is 1.03 bits per heavy atom. The van der Waals surface area contributed by atoms with Crippen molar-refractivity contribution in [2.24, 2.45) is 0 Å². The highest BCUT2D eigenvalue weighted by Gasteiger charge is 2.22. The first kappa shape index (κ1) is 25.9. The van der Waals surface area contributed by atoms with E-state index in [1.165, 1.54) is 17.4 Å². The van der Waals surface area contributed by atoms with E-state index in [2.05, 4.69) is 33.8 Å². The minimum absolute atomic E-state index is 0.129. The number of para-hydroxylation sites is 1. The molecule has 0 atom stereocenters. The summed E-state index contributed by atoms with van der Waals surface area (Å²) in [6.45, 7) is 7.59. The summed E-state index contributed by atoms with van der Waals surface area (Å²) in [5.74, 6) is 2.74. The van der Waals surface area contributed by atoms with Gasteiger partial charge in [0.15, 0.2) is 5.16 Å². The van der Waals surface area contributed by atoms with Crippen molar-refractivity contribution in [2.75, 3.05) is 36.8 Å². The van der Waals surface area contributed by atoms with E-state index in [0.29, 0.717) is 28.1 Å². The zero-order valence-electron chi connectivity index (χ0n) is 19.3. The number of anilines is 1. The molecule has 2 heterocycles. The minimum atomic E-state index is 0.129. The molecule has 35 heavy (non-hydrogen) atoms. The Bertz CT molecular complexity index is 1150. The third kappa shape index (κ3) is 6.97. The molecule has 1 fully saturated rings. The lowest BCUT2D eigenvalue weighted by atomic mass is 10.2. The van der Waals surface area contributed by atoms with Gasteiger partial charge < -0.3 is 14.4 Å². The number of thioether (sulfide) groups is 2. The van der Waals surface area contributed by atoms with E-state index in [0.717, 1.165) is 48.5 Å². The highest BCUT2D eigenvalue weighted by molar-refractivity contribution is 7.99. The number of nitrogens with zero attached hydrogens (tertiary/aromatic N) is 5. The van der Waals surface area contributed by atoms with Crippen LogP contribution < -0.4 is 4.90 Å². The summed E-state index contributed by atoms with van der Waals surface area (Å²) in [7, 11) is 0. The Kier molecular flexibility index (Phi) is 9.43. The Labute approximate surface area is 224 Å². The molecule has 1 aliphatic heterocycles. The van der Waals surface area contributed by atoms with Gasteiger partial charge in [-0.3, -0.25) is 4.79 Å². The summed E-state index contributed by atoms with van der Waals surface area (Å²) in [5, 5.41) is 10.8. The van der Waals surface area contributed by atoms with Crippen LogP contribution in [0.1, 0.15) is 11.4 Å². The van der Waals surface area contributed by atoms with Crippen LogP contribution in [0.2, 0.25) is 10.0 Å². The number of carbonyl (C=O) groups is 1. The second-order valence-corrected chi connectivity index (χ2v) is 10.8. The number of rotatable bonds is 10. The molecule has 1 amide bonds. The van der Waals surface area contributed by atoms with Crippen molar-refractivity contribution >= 4 is 58.3 Å². The number of benzene rings is 2. The quantitative estimate of drug-likeness (QED) is 0.241. The maximum atomic E-state index is 12.9. The molecule has 0 spiro atoms. The topological polar surface area (TPSA) is 54.3 Å². The minimum Gasteiger partial charge on any atom is -0.368 e. The Balaban J connectivity index is 1.29. The van der Waals surface area contributed by atoms with E-state index in [9.17, 15) is 4.79 Å². The highest BCUT2D eigenvalue weighted by atomic mass is 35.5. The third-order valence-electron chi connectivity index (χ3n) is 5.69. The lowest BCUT2D eigenvalue weighted by Crippen LogP contribution is -2.49. The van der Waals surface area contributed by atoms with Crippen LogP contribution in [0.4, 0.5) is 5.69 Å². The molecule has 0 saturated carbocycles. The molecule has 0 N–H and O–H groups in total. The van der Waals surface area contributed by atoms with Crippen molar-refractivity contribution in [1.82, 2.24) is 19.7 Å². The summed E-state index contributed by atoms with van der Waals surface area (Å²) >= 11 is 15.4. The van der Waals surface area contributed by atoms with Gasteiger partial charge in [-0.2, -0.15) is 0 Å². The van der Waals surface area contributed by atoms with Gasteiger partial charge in [0.2, 0.25) is 5.91 Å². The van der Waals surface area contributed by atoms with Crippen molar-refractivity contribution in [1.29, 1.82) is 0 Å². The predicted octanol–water partition coefficient (Wildman–Crippen LogP) is 5.65. The van der Waals surface area contributed by atoms with Crippen molar-refractivity contribution in [3.63, 3.8) is 0 Å². The molecular formula is C25H27Cl2N5OS2. The maximum absolute atomic E-state index is 12.9. The second kappa shape index (κ2) is 12.7. The van der Waals surface area contributed by atoms with Gasteiger partial charge in [0.25, 0.3) is 0 Å². The zero-order valence-corrected chi connectivity index (χ0v) is 22.4. The summed E-state index contributed by atoms with van der Waals surface area (Å²) in [5.41, 5.74) is 2.23. The first-order valence-corrected chi connectivity index (χ1v) is 14.2. The van der Waals surface area contributed by atoms with E-state index in [-0.39, 0.29) is 5.91 Å². The molecule has 0 radical (unpaired) electrons. The molecule has 184 valence electrons. The molecule has 1 aliphatic rings. The number of amides is 1. The van der Waals surface area contributed by atoms with E-state index in [1.54, 1.807) is 17.8 Å². The predicted molar refractivity (Wildman–Crippen MR) is 148 cm³/mol. The second-order valence-electron chi connectivity index (χ2n) is 8.02. The van der Waals surface area contributed by atoms with Gasteiger partial charge in [0.05, 0.1) is 11.5 Å². The van der Waals surface area contributed by atoms with Gasteiger partial charge in [-0.25, -0.2) is 0 Å². The van der Waals surface area contributed by atoms with E-state index in [1.807, 2.05) is 45.9 Å². The molecule has 0 bridgehead atoms. The number of aromatic nitrogens is 3. The van der Waals surface area contributed by atoms with Crippen LogP contribution in [0.25, 0.3) is 0 Å². The largest absolute Gasteiger partial charge is 0.368 e. The smallest absolute Gasteiger partial charge is 0.233 e. The SMILES string of the molecule is C=CCn1c(CSCc2ccc(Cl)cc2Cl)nnc1SCC(=O)N1CCN(c2ccccc2)CC1. The molecular weight excluding hydrogens is 521 g/mol. The molecule has 6 nitrogen and oxygen atoms in total. The normalized spacial score (nSPS) is 13.8. The van der Waals surface area contributed by atoms with Gasteiger partial charge in [-0.15, -0.1) is 28.5 Å². The van der Waals surface area contributed by atoms with Gasteiger partial charge in [-0.1, -0.05) is 65.3 Å². The molecule has 1 saturated heterocycles. The van der Waals surface area contributed by atoms with Crippen LogP contribution in [0.5, 0.6) is 0 Å². The number of hydrogen-bond donors (Lipinski definition) is 0. The Morgan fingerprint density at radius 2 is 1.80 bits per heavy atom. The van der Waals surface area contributed by atoms with Crippen LogP contribution in [0.15, 0.2) is 66.3 Å². The molecule has 10 heteroatoms. The first-order chi connectivity index (χ1) is 17.0. The average molecular weight is 549 g/mol. The fraction of sp³-hybridized carbons (Fsp3) is 0.320. The standard InChI is InChI=1S/C25H27Cl2N5OS2/c1-2-10-32-23(17-34-16-19-8-9-20(26)15-22(19)27)28-29-25(32)35-18-24(33)31-13-11-30(12-14-31)21-6-4-3-5-7-21/h2-9,15H,1,10-14,16-18H2. The average Bonchev–Trinajstić information content (AvgIpc) is 3.26. The molecule has 4 rings (SSSR count). The van der Waals surface area contributed by atoms with Crippen molar-refractivity contribution in [3.8, 4) is 0 Å². The number of hydrogen-bond acceptors (Lipinski definition) is 6. The van der Waals surface area contributed by atoms with Crippen molar-refractivity contribution in [2.45, 2.75) is 23.2 Å². The fourth-order valence-electron chi connectivity index (χ4n) is 3.81. The molecule has 2 aromatic carbocycles. The molecule has 0 aliphatic carbocycles. The number of halogens is 2. The lowest BCUT2D eigenvalue weighted by molar-refractivity contribution is -0.128. The lowest BCUT2D eigenvalue weighted by Gasteiger charge is -2.36. The van der Waals surface area contributed by atoms with Crippen LogP contribution in [0, 0.1) is 0 Å². The van der Waals surface area contributed by atoms with Gasteiger partial charge in [-0.05, 0) is 29.8 Å². The zero-order chi connectivity index (χ0) is 24.6. The Hall–Kier alpha value is -2.13. The summed E-state index contributed by atoms with van der Waals surface area (Å²) in [6.07, 6.45) is 1.82. The molecule has 3 aromatic rings. The van der Waals surface area contributed by atoms with Gasteiger partial charge in [0, 0.05) is 54.2 Å². The first-order valence-electron chi connectivity index (χ1n) is 11.3. The third-order valence-corrected chi connectivity index (χ3v) is 8.20. The number of carbonyl (C=O) groups excluding carboxylic acids is 1. The van der Waals surface area contributed by atoms with Gasteiger partial charge in [0.1, 0.15) is 5.82 Å². The van der Waals surface area contributed by atoms with E-state index >= 15 is 0 Å². The summed E-state index contributed by atoms with van der Waals surface area (Å²) in [6, 6.07) is 15.9. The van der Waals surface area contributed by atoms with Crippen molar-refractivity contribution in [3.05, 3.63) is 82.6 Å². The Morgan fingerprint density at radius 3 is 2.51 bits per heavy atom. The summed E-state index contributed by atoms with van der Waals surface area (Å²) in [4.78, 5) is 17.1.